The predicted octanol–water partition coefficient (Wildman–Crippen LogP) is 3.26. The van der Waals surface area contributed by atoms with E-state index in [1.165, 1.54) is 0 Å². The molecule has 0 unspecified atom stereocenters. The fraction of sp³-hybridized carbons (Fsp3) is 0.765. The van der Waals surface area contributed by atoms with Crippen molar-refractivity contribution in [3.05, 3.63) is 17.5 Å². The molecular weight excluding hydrogens is 278 g/mol. The van der Waals surface area contributed by atoms with Crippen LogP contribution in [0.15, 0.2) is 10.6 Å². The molecule has 0 bridgehead atoms. The van der Waals surface area contributed by atoms with Gasteiger partial charge < -0.3 is 9.84 Å². The lowest BCUT2D eigenvalue weighted by Gasteiger charge is -2.48. The van der Waals surface area contributed by atoms with Gasteiger partial charge in [-0.1, -0.05) is 25.4 Å². The summed E-state index contributed by atoms with van der Waals surface area (Å²) < 4.78 is 5.11. The number of carbonyl (C=O) groups is 1. The van der Waals surface area contributed by atoms with Gasteiger partial charge in [0.2, 0.25) is 0 Å². The fourth-order valence-electron chi connectivity index (χ4n) is 2.24. The summed E-state index contributed by atoms with van der Waals surface area (Å²) in [4.78, 5) is 14.7. The van der Waals surface area contributed by atoms with Crippen molar-refractivity contribution in [2.24, 2.45) is 0 Å². The summed E-state index contributed by atoms with van der Waals surface area (Å²) in [5, 5.41) is 6.95. The molecule has 0 aromatic carbocycles. The molecule has 0 saturated heterocycles. The number of carbonyl (C=O) groups excluding carboxylic acids is 1. The van der Waals surface area contributed by atoms with Crippen molar-refractivity contribution in [1.82, 2.24) is 15.4 Å². The number of amides is 1. The summed E-state index contributed by atoms with van der Waals surface area (Å²) >= 11 is 0. The Labute approximate surface area is 134 Å². The van der Waals surface area contributed by atoms with Crippen LogP contribution in [0.25, 0.3) is 0 Å². The van der Waals surface area contributed by atoms with E-state index in [1.807, 2.05) is 20.8 Å². The van der Waals surface area contributed by atoms with Gasteiger partial charge in [0.05, 0.1) is 5.54 Å². The Morgan fingerprint density at radius 2 is 1.95 bits per heavy atom. The standard InChI is InChI=1S/C17H31N3O2/c1-8-10-11-20(7)17(5,6)16(3,4)18-15(21)14-12-13(9-2)22-19-14/h12H,8-11H2,1-7H3,(H,18,21). The topological polar surface area (TPSA) is 58.4 Å². The third-order valence-corrected chi connectivity index (χ3v) is 4.90. The smallest absolute Gasteiger partial charge is 0.273 e. The molecule has 5 nitrogen and oxygen atoms in total. The monoisotopic (exact) mass is 309 g/mol. The van der Waals surface area contributed by atoms with Crippen LogP contribution in [0.2, 0.25) is 0 Å². The first-order valence-electron chi connectivity index (χ1n) is 8.15. The van der Waals surface area contributed by atoms with Crippen molar-refractivity contribution in [1.29, 1.82) is 0 Å². The van der Waals surface area contributed by atoms with E-state index in [-0.39, 0.29) is 11.4 Å². The zero-order valence-corrected chi connectivity index (χ0v) is 15.1. The second-order valence-electron chi connectivity index (χ2n) is 6.95. The van der Waals surface area contributed by atoms with Gasteiger partial charge in [0.25, 0.3) is 5.91 Å². The van der Waals surface area contributed by atoms with Crippen molar-refractivity contribution in [3.63, 3.8) is 0 Å². The van der Waals surface area contributed by atoms with Gasteiger partial charge in [-0.15, -0.1) is 0 Å². The first-order valence-corrected chi connectivity index (χ1v) is 8.15. The van der Waals surface area contributed by atoms with E-state index in [4.69, 9.17) is 4.52 Å². The lowest BCUT2D eigenvalue weighted by molar-refractivity contribution is 0.0515. The van der Waals surface area contributed by atoms with E-state index >= 15 is 0 Å². The first kappa shape index (κ1) is 18.7. The van der Waals surface area contributed by atoms with E-state index in [0.717, 1.165) is 31.6 Å². The lowest BCUT2D eigenvalue weighted by atomic mass is 9.81. The molecule has 1 N–H and O–H groups in total. The number of aryl methyl sites for hydroxylation is 1. The van der Waals surface area contributed by atoms with Crippen molar-refractivity contribution in [2.45, 2.75) is 71.9 Å². The molecule has 0 radical (unpaired) electrons. The maximum atomic E-state index is 12.4. The van der Waals surface area contributed by atoms with Gasteiger partial charge in [-0.05, 0) is 47.7 Å². The minimum Gasteiger partial charge on any atom is -0.361 e. The van der Waals surface area contributed by atoms with E-state index in [2.05, 4.69) is 43.2 Å². The molecule has 0 aliphatic carbocycles. The Morgan fingerprint density at radius 1 is 1.32 bits per heavy atom. The van der Waals surface area contributed by atoms with Crippen LogP contribution in [0.5, 0.6) is 0 Å². The zero-order chi connectivity index (χ0) is 17.0. The second-order valence-corrected chi connectivity index (χ2v) is 6.95. The molecule has 0 aliphatic rings. The molecule has 5 heteroatoms. The fourth-order valence-corrected chi connectivity index (χ4v) is 2.24. The molecule has 1 aromatic heterocycles. The van der Waals surface area contributed by atoms with Crippen LogP contribution in [0.1, 0.15) is 70.6 Å². The Kier molecular flexibility index (Phi) is 6.17. The van der Waals surface area contributed by atoms with Gasteiger partial charge >= 0.3 is 0 Å². The number of nitrogens with zero attached hydrogens (tertiary/aromatic N) is 2. The molecule has 1 heterocycles. The average molecular weight is 309 g/mol. The number of aromatic nitrogens is 1. The second kappa shape index (κ2) is 7.27. The lowest BCUT2D eigenvalue weighted by Crippen LogP contribution is -2.64. The van der Waals surface area contributed by atoms with Crippen molar-refractivity contribution < 1.29 is 9.32 Å². The van der Waals surface area contributed by atoms with Crippen molar-refractivity contribution in [3.8, 4) is 0 Å². The zero-order valence-electron chi connectivity index (χ0n) is 15.1. The average Bonchev–Trinajstić information content (AvgIpc) is 2.92. The van der Waals surface area contributed by atoms with Gasteiger partial charge in [-0.25, -0.2) is 0 Å². The van der Waals surface area contributed by atoms with Gasteiger partial charge in [-0.2, -0.15) is 0 Å². The van der Waals surface area contributed by atoms with Crippen LogP contribution >= 0.6 is 0 Å². The van der Waals surface area contributed by atoms with E-state index in [9.17, 15) is 4.79 Å². The summed E-state index contributed by atoms with van der Waals surface area (Å²) in [5.74, 6) is 0.535. The SMILES string of the molecule is CCCCN(C)C(C)(C)C(C)(C)NC(=O)c1cc(CC)on1. The van der Waals surface area contributed by atoms with Gasteiger partial charge in [0, 0.05) is 18.0 Å². The number of nitrogens with one attached hydrogen (secondary N) is 1. The molecule has 0 atom stereocenters. The maximum Gasteiger partial charge on any atom is 0.273 e. The van der Waals surface area contributed by atoms with Crippen molar-refractivity contribution in [2.75, 3.05) is 13.6 Å². The molecule has 0 fully saturated rings. The minimum absolute atomic E-state index is 0.185. The molecule has 1 amide bonds. The van der Waals surface area contributed by atoms with Crippen LogP contribution in [0.3, 0.4) is 0 Å². The van der Waals surface area contributed by atoms with E-state index in [1.54, 1.807) is 6.07 Å². The third kappa shape index (κ3) is 4.09. The van der Waals surface area contributed by atoms with Crippen LogP contribution < -0.4 is 5.32 Å². The van der Waals surface area contributed by atoms with Gasteiger partial charge in [0.1, 0.15) is 5.76 Å². The molecule has 0 aliphatic heterocycles. The third-order valence-electron chi connectivity index (χ3n) is 4.90. The van der Waals surface area contributed by atoms with Crippen LogP contribution in [0.4, 0.5) is 0 Å². The molecule has 126 valence electrons. The minimum atomic E-state index is -0.405. The maximum absolute atomic E-state index is 12.4. The Morgan fingerprint density at radius 3 is 2.45 bits per heavy atom. The van der Waals surface area contributed by atoms with Crippen LogP contribution in [-0.2, 0) is 6.42 Å². The van der Waals surface area contributed by atoms with Crippen LogP contribution in [-0.4, -0.2) is 40.6 Å². The molecule has 1 aromatic rings. The summed E-state index contributed by atoms with van der Waals surface area (Å²) in [6.07, 6.45) is 3.04. The predicted molar refractivity (Wildman–Crippen MR) is 89.0 cm³/mol. The highest BCUT2D eigenvalue weighted by molar-refractivity contribution is 5.92. The van der Waals surface area contributed by atoms with Gasteiger partial charge in [0.15, 0.2) is 5.69 Å². The summed E-state index contributed by atoms with van der Waals surface area (Å²) in [5.41, 5.74) is -0.246. The van der Waals surface area contributed by atoms with Crippen molar-refractivity contribution >= 4 is 5.91 Å². The summed E-state index contributed by atoms with van der Waals surface area (Å²) in [6, 6.07) is 1.71. The highest BCUT2D eigenvalue weighted by Crippen LogP contribution is 2.27. The first-order chi connectivity index (χ1) is 10.2. The number of likely N-dealkylation sites (N-methyl/N-ethyl adjacent to an activating group) is 1. The normalized spacial score (nSPS) is 12.7. The van der Waals surface area contributed by atoms with E-state index < -0.39 is 5.54 Å². The Hall–Kier alpha value is -1.36. The molecule has 0 saturated carbocycles. The Balaban J connectivity index is 2.81. The van der Waals surface area contributed by atoms with E-state index in [0.29, 0.717) is 5.69 Å². The number of hydrogen-bond acceptors (Lipinski definition) is 4. The summed E-state index contributed by atoms with van der Waals surface area (Å²) in [6.45, 7) is 13.6. The number of unbranched alkanes of at least 4 members (excludes halogenated alkanes) is 1. The molecular formula is C17H31N3O2. The Bertz CT molecular complexity index is 492. The quantitative estimate of drug-likeness (QED) is 0.801. The number of rotatable bonds is 8. The molecule has 0 spiro atoms. The number of hydrogen-bond donors (Lipinski definition) is 1. The summed E-state index contributed by atoms with van der Waals surface area (Å²) in [7, 11) is 2.11. The van der Waals surface area contributed by atoms with Gasteiger partial charge in [-0.3, -0.25) is 9.69 Å². The molecule has 1 rings (SSSR count). The highest BCUT2D eigenvalue weighted by Gasteiger charge is 2.41. The molecule has 22 heavy (non-hydrogen) atoms. The highest BCUT2D eigenvalue weighted by atomic mass is 16.5. The largest absolute Gasteiger partial charge is 0.361 e. The van der Waals surface area contributed by atoms with Crippen LogP contribution in [0, 0.1) is 0 Å².